The third-order valence-corrected chi connectivity index (χ3v) is 3.14. The van der Waals surface area contributed by atoms with Gasteiger partial charge < -0.3 is 4.74 Å². The molecule has 0 radical (unpaired) electrons. The van der Waals surface area contributed by atoms with Crippen LogP contribution in [0.15, 0.2) is 42.5 Å². The number of hydrogen-bond acceptors (Lipinski definition) is 2. The molecule has 4 heteroatoms. The average Bonchev–Trinajstić information content (AvgIpc) is 2.39. The Morgan fingerprint density at radius 2 is 1.95 bits per heavy atom. The lowest BCUT2D eigenvalue weighted by molar-refractivity contribution is 0.0921. The molecule has 0 saturated heterocycles. The fourth-order valence-electron chi connectivity index (χ4n) is 1.61. The predicted octanol–water partition coefficient (Wildman–Crippen LogP) is 4.56. The van der Waals surface area contributed by atoms with Gasteiger partial charge in [-0.3, -0.25) is 4.79 Å². The summed E-state index contributed by atoms with van der Waals surface area (Å²) in [5.74, 6) is 0.372. The number of benzene rings is 2. The lowest BCUT2D eigenvalue weighted by Crippen LogP contribution is -2.11. The molecule has 0 heterocycles. The Bertz CT molecular complexity index is 609. The number of carbonyl (C=O) groups is 1. The number of ketones is 1. The van der Waals surface area contributed by atoms with Gasteiger partial charge in [0.1, 0.15) is 5.75 Å². The molecule has 0 unspecified atom stereocenters. The highest BCUT2D eigenvalue weighted by Crippen LogP contribution is 2.25. The molecule has 0 aliphatic carbocycles. The quantitative estimate of drug-likeness (QED) is 0.773. The van der Waals surface area contributed by atoms with Gasteiger partial charge in [-0.1, -0.05) is 41.4 Å². The van der Waals surface area contributed by atoms with Gasteiger partial charge in [-0.2, -0.15) is 0 Å². The van der Waals surface area contributed by atoms with Crippen molar-refractivity contribution in [3.8, 4) is 5.75 Å². The van der Waals surface area contributed by atoms with Crippen LogP contribution in [0.1, 0.15) is 15.9 Å². The largest absolute Gasteiger partial charge is 0.484 e. The van der Waals surface area contributed by atoms with Crippen molar-refractivity contribution >= 4 is 29.0 Å². The van der Waals surface area contributed by atoms with Gasteiger partial charge >= 0.3 is 0 Å². The van der Waals surface area contributed by atoms with Crippen LogP contribution in [0.3, 0.4) is 0 Å². The van der Waals surface area contributed by atoms with Crippen LogP contribution in [0.5, 0.6) is 5.75 Å². The normalized spacial score (nSPS) is 10.3. The molecule has 2 aromatic carbocycles. The zero-order valence-corrected chi connectivity index (χ0v) is 11.8. The number of Topliss-reactive ketones (excluding diaryl/α,β-unsaturated/α-hetero) is 1. The van der Waals surface area contributed by atoms with Crippen LogP contribution in [0.4, 0.5) is 0 Å². The molecule has 2 nitrogen and oxygen atoms in total. The molecule has 0 N–H and O–H groups in total. The minimum atomic E-state index is -0.139. The van der Waals surface area contributed by atoms with Crippen molar-refractivity contribution in [2.75, 3.05) is 6.61 Å². The van der Waals surface area contributed by atoms with Gasteiger partial charge in [0.25, 0.3) is 0 Å². The van der Waals surface area contributed by atoms with Gasteiger partial charge in [-0.15, -0.1) is 0 Å². The maximum absolute atomic E-state index is 11.9. The van der Waals surface area contributed by atoms with E-state index in [9.17, 15) is 4.79 Å². The van der Waals surface area contributed by atoms with E-state index in [1.807, 2.05) is 13.0 Å². The van der Waals surface area contributed by atoms with E-state index >= 15 is 0 Å². The van der Waals surface area contributed by atoms with E-state index in [-0.39, 0.29) is 12.4 Å². The van der Waals surface area contributed by atoms with E-state index in [0.29, 0.717) is 21.4 Å². The molecular weight excluding hydrogens is 283 g/mol. The second kappa shape index (κ2) is 6.09. The van der Waals surface area contributed by atoms with Crippen LogP contribution in [0.25, 0.3) is 0 Å². The van der Waals surface area contributed by atoms with Gasteiger partial charge in [0, 0.05) is 10.6 Å². The molecule has 19 heavy (non-hydrogen) atoms. The minimum Gasteiger partial charge on any atom is -0.484 e. The second-order valence-electron chi connectivity index (χ2n) is 4.16. The molecule has 2 rings (SSSR count). The molecule has 0 amide bonds. The summed E-state index contributed by atoms with van der Waals surface area (Å²) < 4.78 is 5.45. The number of ether oxygens (including phenoxy) is 1. The summed E-state index contributed by atoms with van der Waals surface area (Å²) >= 11 is 11.8. The standard InChI is InChI=1S/C15H12Cl2O2/c1-10-5-6-13(17)15(7-10)19-9-14(18)11-3-2-4-12(16)8-11/h2-8H,9H2,1H3. The van der Waals surface area contributed by atoms with E-state index in [2.05, 4.69) is 0 Å². The van der Waals surface area contributed by atoms with Gasteiger partial charge in [0.2, 0.25) is 0 Å². The maximum atomic E-state index is 11.9. The smallest absolute Gasteiger partial charge is 0.200 e. The molecular formula is C15H12Cl2O2. The van der Waals surface area contributed by atoms with Crippen molar-refractivity contribution in [3.63, 3.8) is 0 Å². The number of hydrogen-bond donors (Lipinski definition) is 0. The molecule has 0 fully saturated rings. The van der Waals surface area contributed by atoms with Crippen molar-refractivity contribution in [1.82, 2.24) is 0 Å². The summed E-state index contributed by atoms with van der Waals surface area (Å²) in [4.78, 5) is 11.9. The minimum absolute atomic E-state index is 0.0660. The summed E-state index contributed by atoms with van der Waals surface area (Å²) in [6.45, 7) is 1.87. The van der Waals surface area contributed by atoms with E-state index in [0.717, 1.165) is 5.56 Å². The molecule has 98 valence electrons. The van der Waals surface area contributed by atoms with Gasteiger partial charge in [-0.05, 0) is 36.8 Å². The van der Waals surface area contributed by atoms with Gasteiger partial charge in [0.05, 0.1) is 5.02 Å². The summed E-state index contributed by atoms with van der Waals surface area (Å²) in [7, 11) is 0. The predicted molar refractivity (Wildman–Crippen MR) is 77.5 cm³/mol. The second-order valence-corrected chi connectivity index (χ2v) is 5.00. The van der Waals surface area contributed by atoms with Crippen LogP contribution < -0.4 is 4.74 Å². The van der Waals surface area contributed by atoms with Crippen LogP contribution >= 0.6 is 23.2 Å². The van der Waals surface area contributed by atoms with Crippen molar-refractivity contribution < 1.29 is 9.53 Å². The first-order chi connectivity index (χ1) is 9.06. The highest BCUT2D eigenvalue weighted by Gasteiger charge is 2.09. The van der Waals surface area contributed by atoms with E-state index in [1.165, 1.54) is 0 Å². The molecule has 0 spiro atoms. The summed E-state index contributed by atoms with van der Waals surface area (Å²) in [6.07, 6.45) is 0. The molecule has 2 aromatic rings. The summed E-state index contributed by atoms with van der Waals surface area (Å²) in [5.41, 5.74) is 1.55. The zero-order valence-electron chi connectivity index (χ0n) is 10.3. The zero-order chi connectivity index (χ0) is 13.8. The topological polar surface area (TPSA) is 26.3 Å². The van der Waals surface area contributed by atoms with E-state index in [4.69, 9.17) is 27.9 Å². The molecule has 0 atom stereocenters. The Balaban J connectivity index is 2.06. The first-order valence-corrected chi connectivity index (χ1v) is 6.49. The van der Waals surface area contributed by atoms with Crippen molar-refractivity contribution in [2.45, 2.75) is 6.92 Å². The van der Waals surface area contributed by atoms with Gasteiger partial charge in [0.15, 0.2) is 12.4 Å². The molecule has 0 bridgehead atoms. The van der Waals surface area contributed by atoms with Gasteiger partial charge in [-0.25, -0.2) is 0 Å². The lowest BCUT2D eigenvalue weighted by atomic mass is 10.1. The first kappa shape index (κ1) is 13.9. The van der Waals surface area contributed by atoms with E-state index < -0.39 is 0 Å². The lowest BCUT2D eigenvalue weighted by Gasteiger charge is -2.08. The Labute approximate surface area is 121 Å². The van der Waals surface area contributed by atoms with Crippen molar-refractivity contribution in [3.05, 3.63) is 63.6 Å². The molecule has 0 aliphatic heterocycles. The number of aryl methyl sites for hydroxylation is 1. The molecule has 0 saturated carbocycles. The molecule has 0 aliphatic rings. The highest BCUT2D eigenvalue weighted by atomic mass is 35.5. The fraction of sp³-hybridized carbons (Fsp3) is 0.133. The highest BCUT2D eigenvalue weighted by molar-refractivity contribution is 6.32. The van der Waals surface area contributed by atoms with Crippen LogP contribution in [0.2, 0.25) is 10.0 Å². The molecule has 0 aromatic heterocycles. The summed E-state index contributed by atoms with van der Waals surface area (Å²) in [5, 5.41) is 1.02. The Morgan fingerprint density at radius 1 is 1.16 bits per heavy atom. The first-order valence-electron chi connectivity index (χ1n) is 5.74. The van der Waals surface area contributed by atoms with Crippen LogP contribution in [0, 0.1) is 6.92 Å². The monoisotopic (exact) mass is 294 g/mol. The SMILES string of the molecule is Cc1ccc(Cl)c(OCC(=O)c2cccc(Cl)c2)c1. The van der Waals surface area contributed by atoms with Crippen molar-refractivity contribution in [1.29, 1.82) is 0 Å². The third kappa shape index (κ3) is 3.72. The number of halogens is 2. The van der Waals surface area contributed by atoms with Crippen molar-refractivity contribution in [2.24, 2.45) is 0 Å². The average molecular weight is 295 g/mol. The third-order valence-electron chi connectivity index (χ3n) is 2.59. The fourth-order valence-corrected chi connectivity index (χ4v) is 1.97. The van der Waals surface area contributed by atoms with Crippen LogP contribution in [-0.2, 0) is 0 Å². The Morgan fingerprint density at radius 3 is 2.68 bits per heavy atom. The number of carbonyl (C=O) groups excluding carboxylic acids is 1. The maximum Gasteiger partial charge on any atom is 0.200 e. The number of rotatable bonds is 4. The Kier molecular flexibility index (Phi) is 4.46. The van der Waals surface area contributed by atoms with E-state index in [1.54, 1.807) is 36.4 Å². The van der Waals surface area contributed by atoms with Crippen LogP contribution in [-0.4, -0.2) is 12.4 Å². The summed E-state index contributed by atoms with van der Waals surface area (Å²) in [6, 6.07) is 12.2. The Hall–Kier alpha value is -1.51.